The molecule has 2 rings (SSSR count). The van der Waals surface area contributed by atoms with Gasteiger partial charge in [0, 0.05) is 31.8 Å². The molecular weight excluding hydrogens is 328 g/mol. The highest BCUT2D eigenvalue weighted by atomic mass is 32.2. The van der Waals surface area contributed by atoms with Crippen LogP contribution in [0.1, 0.15) is 17.5 Å². The third-order valence-electron chi connectivity index (χ3n) is 3.96. The topological polar surface area (TPSA) is 66.9 Å². The molecule has 1 aromatic carbocycles. The number of esters is 1. The summed E-state index contributed by atoms with van der Waals surface area (Å²) in [7, 11) is 1.30. The lowest BCUT2D eigenvalue weighted by molar-refractivity contribution is -0.147. The summed E-state index contributed by atoms with van der Waals surface area (Å²) in [6.45, 7) is 3.29. The maximum absolute atomic E-state index is 12.5. The van der Waals surface area contributed by atoms with E-state index in [1.165, 1.54) is 23.8 Å². The minimum Gasteiger partial charge on any atom is -0.468 e. The van der Waals surface area contributed by atoms with Gasteiger partial charge in [0.1, 0.15) is 6.54 Å². The average molecular weight is 350 g/mol. The smallest absolute Gasteiger partial charge is 0.325 e. The molecule has 1 heterocycles. The summed E-state index contributed by atoms with van der Waals surface area (Å²) in [6, 6.07) is 7.75. The molecule has 1 aliphatic rings. The minimum absolute atomic E-state index is 0.0150. The Morgan fingerprint density at radius 1 is 1.33 bits per heavy atom. The van der Waals surface area contributed by atoms with Gasteiger partial charge in [0.25, 0.3) is 5.24 Å². The van der Waals surface area contributed by atoms with Gasteiger partial charge in [0.15, 0.2) is 0 Å². The van der Waals surface area contributed by atoms with E-state index in [-0.39, 0.29) is 24.1 Å². The fourth-order valence-corrected chi connectivity index (χ4v) is 3.31. The summed E-state index contributed by atoms with van der Waals surface area (Å²) in [6.07, 6.45) is 0.204. The molecule has 1 saturated heterocycles. The fourth-order valence-electron chi connectivity index (χ4n) is 2.46. The molecule has 0 bridgehead atoms. The summed E-state index contributed by atoms with van der Waals surface area (Å²) in [5, 5.41) is 0.0150. The number of nitrogens with zero attached hydrogens (tertiary/aromatic N) is 2. The summed E-state index contributed by atoms with van der Waals surface area (Å²) >= 11 is 1.27. The highest BCUT2D eigenvalue weighted by Crippen LogP contribution is 2.18. The monoisotopic (exact) mass is 350 g/mol. The van der Waals surface area contributed by atoms with Gasteiger partial charge in [0.05, 0.1) is 7.11 Å². The Kier molecular flexibility index (Phi) is 6.66. The molecule has 0 radical (unpaired) electrons. The second-order valence-corrected chi connectivity index (χ2v) is 6.65. The lowest BCUT2D eigenvalue weighted by Crippen LogP contribution is -2.38. The maximum atomic E-state index is 12.5. The van der Waals surface area contributed by atoms with Gasteiger partial charge in [-0.1, -0.05) is 36.0 Å². The van der Waals surface area contributed by atoms with Crippen molar-refractivity contribution in [3.63, 3.8) is 0 Å². The van der Waals surface area contributed by atoms with Gasteiger partial charge in [-0.15, -0.1) is 0 Å². The number of thioether (sulfide) groups is 1. The molecule has 1 fully saturated rings. The molecule has 0 aliphatic carbocycles. The van der Waals surface area contributed by atoms with Gasteiger partial charge in [-0.05, 0) is 18.1 Å². The minimum atomic E-state index is -0.454. The zero-order valence-corrected chi connectivity index (χ0v) is 14.8. The van der Waals surface area contributed by atoms with E-state index >= 15 is 0 Å². The van der Waals surface area contributed by atoms with E-state index in [0.717, 1.165) is 16.9 Å². The van der Waals surface area contributed by atoms with E-state index in [9.17, 15) is 14.4 Å². The van der Waals surface area contributed by atoms with Crippen LogP contribution in [0.15, 0.2) is 24.3 Å². The molecular formula is C17H22N2O4S. The van der Waals surface area contributed by atoms with E-state index in [4.69, 9.17) is 4.74 Å². The number of amides is 2. The van der Waals surface area contributed by atoms with Gasteiger partial charge in [-0.3, -0.25) is 14.4 Å². The number of benzene rings is 1. The van der Waals surface area contributed by atoms with Crippen LogP contribution in [0.4, 0.5) is 4.79 Å². The number of ether oxygens (including phenoxy) is 1. The van der Waals surface area contributed by atoms with Crippen LogP contribution in [0, 0.1) is 6.92 Å². The van der Waals surface area contributed by atoms with Crippen LogP contribution in [0.5, 0.6) is 0 Å². The van der Waals surface area contributed by atoms with Crippen molar-refractivity contribution in [2.75, 3.05) is 32.5 Å². The molecule has 7 heteroatoms. The molecule has 0 saturated carbocycles. The van der Waals surface area contributed by atoms with E-state index in [2.05, 4.69) is 0 Å². The van der Waals surface area contributed by atoms with Crippen LogP contribution in [0.25, 0.3) is 0 Å². The van der Waals surface area contributed by atoms with Gasteiger partial charge in [-0.2, -0.15) is 0 Å². The number of aryl methyl sites for hydroxylation is 1. The fraction of sp³-hybridized carbons (Fsp3) is 0.471. The third kappa shape index (κ3) is 4.99. The van der Waals surface area contributed by atoms with Crippen LogP contribution in [-0.2, 0) is 20.9 Å². The normalized spacial score (nSPS) is 13.9. The van der Waals surface area contributed by atoms with Crippen molar-refractivity contribution < 1.29 is 19.1 Å². The van der Waals surface area contributed by atoms with Crippen LogP contribution < -0.4 is 0 Å². The van der Waals surface area contributed by atoms with Crippen molar-refractivity contribution in [2.45, 2.75) is 19.9 Å². The number of methoxy groups -OCH3 is 1. The lowest BCUT2D eigenvalue weighted by atomic mass is 10.1. The van der Waals surface area contributed by atoms with Crippen molar-refractivity contribution >= 4 is 28.9 Å². The SMILES string of the molecule is COC(=O)CN(Cc1ccccc1C)C(=O)CCN1CCSC1=O. The highest BCUT2D eigenvalue weighted by molar-refractivity contribution is 8.13. The summed E-state index contributed by atoms with van der Waals surface area (Å²) in [5.74, 6) is 0.153. The Labute approximate surface area is 146 Å². The largest absolute Gasteiger partial charge is 0.468 e. The molecule has 0 unspecified atom stereocenters. The standard InChI is InChI=1S/C17H22N2O4S/c1-13-5-3-4-6-14(13)11-19(12-16(21)23-2)15(20)7-8-18-9-10-24-17(18)22/h3-6H,7-12H2,1-2H3. The van der Waals surface area contributed by atoms with Crippen molar-refractivity contribution in [1.82, 2.24) is 9.80 Å². The lowest BCUT2D eigenvalue weighted by Gasteiger charge is -2.24. The molecule has 2 amide bonds. The third-order valence-corrected chi connectivity index (χ3v) is 4.86. The zero-order valence-electron chi connectivity index (χ0n) is 14.0. The number of carbonyl (C=O) groups is 3. The quantitative estimate of drug-likeness (QED) is 0.704. The highest BCUT2D eigenvalue weighted by Gasteiger charge is 2.24. The van der Waals surface area contributed by atoms with Crippen LogP contribution >= 0.6 is 11.8 Å². The van der Waals surface area contributed by atoms with Crippen molar-refractivity contribution in [3.05, 3.63) is 35.4 Å². The molecule has 1 aromatic rings. The summed E-state index contributed by atoms with van der Waals surface area (Å²) in [5.41, 5.74) is 2.05. The Morgan fingerprint density at radius 2 is 2.08 bits per heavy atom. The second kappa shape index (κ2) is 8.73. The first-order chi connectivity index (χ1) is 11.5. The van der Waals surface area contributed by atoms with E-state index in [0.29, 0.717) is 19.6 Å². The Hall–Kier alpha value is -2.02. The number of hydrogen-bond donors (Lipinski definition) is 0. The number of hydrogen-bond acceptors (Lipinski definition) is 5. The summed E-state index contributed by atoms with van der Waals surface area (Å²) < 4.78 is 4.69. The first kappa shape index (κ1) is 18.3. The molecule has 6 nitrogen and oxygen atoms in total. The first-order valence-corrected chi connectivity index (χ1v) is 8.80. The van der Waals surface area contributed by atoms with E-state index < -0.39 is 5.97 Å². The molecule has 130 valence electrons. The predicted octanol–water partition coefficient (Wildman–Crippen LogP) is 2.06. The first-order valence-electron chi connectivity index (χ1n) is 7.82. The van der Waals surface area contributed by atoms with Crippen molar-refractivity contribution in [2.24, 2.45) is 0 Å². The molecule has 1 aliphatic heterocycles. The zero-order chi connectivity index (χ0) is 17.5. The Morgan fingerprint density at radius 3 is 2.71 bits per heavy atom. The summed E-state index contributed by atoms with van der Waals surface area (Å²) in [4.78, 5) is 38.9. The van der Waals surface area contributed by atoms with E-state index in [1.807, 2.05) is 31.2 Å². The number of rotatable bonds is 7. The van der Waals surface area contributed by atoms with Gasteiger partial charge in [-0.25, -0.2) is 0 Å². The van der Waals surface area contributed by atoms with Gasteiger partial charge < -0.3 is 14.5 Å². The maximum Gasteiger partial charge on any atom is 0.325 e. The molecule has 0 N–H and O–H groups in total. The molecule has 0 aromatic heterocycles. The van der Waals surface area contributed by atoms with Crippen LogP contribution in [0.3, 0.4) is 0 Å². The van der Waals surface area contributed by atoms with E-state index in [1.54, 1.807) is 4.90 Å². The van der Waals surface area contributed by atoms with Crippen LogP contribution in [-0.4, -0.2) is 59.4 Å². The Balaban J connectivity index is 2.01. The van der Waals surface area contributed by atoms with Gasteiger partial charge >= 0.3 is 5.97 Å². The predicted molar refractivity (Wildman–Crippen MR) is 92.7 cm³/mol. The second-order valence-electron chi connectivity index (χ2n) is 5.60. The van der Waals surface area contributed by atoms with Crippen molar-refractivity contribution in [1.29, 1.82) is 0 Å². The Bertz CT molecular complexity index is 620. The number of carbonyl (C=O) groups excluding carboxylic acids is 3. The van der Waals surface area contributed by atoms with Crippen LogP contribution in [0.2, 0.25) is 0 Å². The van der Waals surface area contributed by atoms with Gasteiger partial charge in [0.2, 0.25) is 5.91 Å². The average Bonchev–Trinajstić information content (AvgIpc) is 2.98. The molecule has 0 atom stereocenters. The molecule has 24 heavy (non-hydrogen) atoms. The molecule has 0 spiro atoms. The van der Waals surface area contributed by atoms with Crippen molar-refractivity contribution in [3.8, 4) is 0 Å².